The summed E-state index contributed by atoms with van der Waals surface area (Å²) in [5, 5.41) is 10.2. The van der Waals surface area contributed by atoms with E-state index in [2.05, 4.69) is 6.92 Å². The zero-order chi connectivity index (χ0) is 17.7. The Kier molecular flexibility index (Phi) is 6.15. The fourth-order valence-corrected chi connectivity index (χ4v) is 2.78. The first-order valence-corrected chi connectivity index (χ1v) is 8.42. The van der Waals surface area contributed by atoms with Gasteiger partial charge < -0.3 is 9.84 Å². The molecule has 1 N–H and O–H groups in total. The SMILES string of the molecule is CCCCOCCCN1C(=O)C(O)=C(c2ccc(C)cc2C)C1=O. The molecule has 0 fully saturated rings. The number of imide groups is 1. The number of rotatable bonds is 8. The number of aliphatic hydroxyl groups excluding tert-OH is 1. The maximum atomic E-state index is 12.6. The van der Waals surface area contributed by atoms with Gasteiger partial charge in [0.15, 0.2) is 5.76 Å². The molecule has 1 aromatic carbocycles. The van der Waals surface area contributed by atoms with Crippen LogP contribution in [0.4, 0.5) is 0 Å². The van der Waals surface area contributed by atoms with Gasteiger partial charge in [-0.05, 0) is 37.8 Å². The van der Waals surface area contributed by atoms with Crippen molar-refractivity contribution in [1.29, 1.82) is 0 Å². The quantitative estimate of drug-likeness (QED) is 0.587. The topological polar surface area (TPSA) is 66.8 Å². The fourth-order valence-electron chi connectivity index (χ4n) is 2.78. The van der Waals surface area contributed by atoms with Gasteiger partial charge in [0.1, 0.15) is 0 Å². The molecule has 0 radical (unpaired) electrons. The predicted octanol–water partition coefficient (Wildman–Crippen LogP) is 3.15. The van der Waals surface area contributed by atoms with Crippen LogP contribution in [0.5, 0.6) is 0 Å². The number of carbonyl (C=O) groups is 2. The van der Waals surface area contributed by atoms with Gasteiger partial charge in [-0.1, -0.05) is 37.1 Å². The Balaban J connectivity index is 2.04. The van der Waals surface area contributed by atoms with Crippen molar-refractivity contribution >= 4 is 17.4 Å². The van der Waals surface area contributed by atoms with Gasteiger partial charge in [-0.15, -0.1) is 0 Å². The molecule has 1 aliphatic rings. The average Bonchev–Trinajstić information content (AvgIpc) is 2.75. The third kappa shape index (κ3) is 3.85. The third-order valence-electron chi connectivity index (χ3n) is 4.11. The first-order chi connectivity index (χ1) is 11.5. The Morgan fingerprint density at radius 1 is 1.08 bits per heavy atom. The Bertz CT molecular complexity index is 663. The Morgan fingerprint density at radius 3 is 2.46 bits per heavy atom. The number of unbranched alkanes of at least 4 members (excludes halogenated alkanes) is 1. The van der Waals surface area contributed by atoms with Crippen LogP contribution in [0.2, 0.25) is 0 Å². The predicted molar refractivity (Wildman–Crippen MR) is 92.5 cm³/mol. The fraction of sp³-hybridized carbons (Fsp3) is 0.474. The lowest BCUT2D eigenvalue weighted by Gasteiger charge is -2.15. The molecule has 0 bridgehead atoms. The van der Waals surface area contributed by atoms with Crippen molar-refractivity contribution in [3.63, 3.8) is 0 Å². The molecular weight excluding hydrogens is 306 g/mol. The summed E-state index contributed by atoms with van der Waals surface area (Å²) < 4.78 is 5.45. The van der Waals surface area contributed by atoms with Crippen LogP contribution in [0.3, 0.4) is 0 Å². The number of benzene rings is 1. The second kappa shape index (κ2) is 8.11. The van der Waals surface area contributed by atoms with E-state index in [1.165, 1.54) is 0 Å². The highest BCUT2D eigenvalue weighted by molar-refractivity contribution is 6.35. The zero-order valence-corrected chi connectivity index (χ0v) is 14.6. The van der Waals surface area contributed by atoms with Crippen LogP contribution in [-0.4, -0.2) is 41.6 Å². The molecule has 0 spiro atoms. The van der Waals surface area contributed by atoms with Crippen LogP contribution < -0.4 is 0 Å². The van der Waals surface area contributed by atoms with E-state index in [4.69, 9.17) is 4.74 Å². The lowest BCUT2D eigenvalue weighted by atomic mass is 9.98. The standard InChI is InChI=1S/C19H25NO4/c1-4-5-10-24-11-6-9-20-18(22)16(17(21)19(20)23)15-8-7-13(2)12-14(15)3/h7-8,12,21H,4-6,9-11H2,1-3H3. The average molecular weight is 331 g/mol. The number of ether oxygens (including phenoxy) is 1. The molecule has 1 aromatic rings. The maximum Gasteiger partial charge on any atom is 0.296 e. The molecule has 0 aromatic heterocycles. The second-order valence-electron chi connectivity index (χ2n) is 6.12. The van der Waals surface area contributed by atoms with E-state index in [1.54, 1.807) is 6.07 Å². The summed E-state index contributed by atoms with van der Waals surface area (Å²) in [7, 11) is 0. The number of hydrogen-bond donors (Lipinski definition) is 1. The van der Waals surface area contributed by atoms with Gasteiger partial charge in [-0.2, -0.15) is 0 Å². The van der Waals surface area contributed by atoms with E-state index < -0.39 is 17.6 Å². The lowest BCUT2D eigenvalue weighted by molar-refractivity contribution is -0.138. The van der Waals surface area contributed by atoms with Crippen molar-refractivity contribution < 1.29 is 19.4 Å². The van der Waals surface area contributed by atoms with E-state index in [-0.39, 0.29) is 12.1 Å². The highest BCUT2D eigenvalue weighted by Crippen LogP contribution is 2.30. The Labute approximate surface area is 142 Å². The van der Waals surface area contributed by atoms with Gasteiger partial charge in [0.25, 0.3) is 11.8 Å². The molecule has 130 valence electrons. The second-order valence-corrected chi connectivity index (χ2v) is 6.12. The smallest absolute Gasteiger partial charge is 0.296 e. The third-order valence-corrected chi connectivity index (χ3v) is 4.11. The van der Waals surface area contributed by atoms with Gasteiger partial charge in [-0.3, -0.25) is 14.5 Å². The number of hydrogen-bond acceptors (Lipinski definition) is 4. The van der Waals surface area contributed by atoms with Crippen LogP contribution >= 0.6 is 0 Å². The van der Waals surface area contributed by atoms with Crippen LogP contribution in [0.25, 0.3) is 5.57 Å². The molecular formula is C19H25NO4. The summed E-state index contributed by atoms with van der Waals surface area (Å²) >= 11 is 0. The van der Waals surface area contributed by atoms with Crippen molar-refractivity contribution in [3.8, 4) is 0 Å². The first-order valence-electron chi connectivity index (χ1n) is 8.42. The number of carbonyl (C=O) groups excluding carboxylic acids is 2. The molecule has 1 aliphatic heterocycles. The van der Waals surface area contributed by atoms with E-state index in [0.29, 0.717) is 25.2 Å². The molecule has 24 heavy (non-hydrogen) atoms. The molecule has 0 saturated heterocycles. The monoisotopic (exact) mass is 331 g/mol. The van der Waals surface area contributed by atoms with Crippen LogP contribution in [-0.2, 0) is 14.3 Å². The molecule has 0 saturated carbocycles. The molecule has 1 heterocycles. The largest absolute Gasteiger partial charge is 0.502 e. The van der Waals surface area contributed by atoms with E-state index in [9.17, 15) is 14.7 Å². The molecule has 2 rings (SSSR count). The minimum Gasteiger partial charge on any atom is -0.502 e. The van der Waals surface area contributed by atoms with E-state index in [1.807, 2.05) is 26.0 Å². The molecule has 2 amide bonds. The zero-order valence-electron chi connectivity index (χ0n) is 14.6. The van der Waals surface area contributed by atoms with Gasteiger partial charge >= 0.3 is 0 Å². The summed E-state index contributed by atoms with van der Waals surface area (Å²) in [5.74, 6) is -1.51. The molecule has 0 aliphatic carbocycles. The van der Waals surface area contributed by atoms with Crippen LogP contribution in [0.1, 0.15) is 42.9 Å². The van der Waals surface area contributed by atoms with Gasteiger partial charge in [0, 0.05) is 19.8 Å². The minimum atomic E-state index is -0.622. The van der Waals surface area contributed by atoms with E-state index in [0.717, 1.165) is 28.9 Å². The van der Waals surface area contributed by atoms with Crippen molar-refractivity contribution in [2.24, 2.45) is 0 Å². The van der Waals surface area contributed by atoms with Crippen molar-refractivity contribution in [1.82, 2.24) is 4.90 Å². The van der Waals surface area contributed by atoms with Gasteiger partial charge in [0.05, 0.1) is 5.57 Å². The highest BCUT2D eigenvalue weighted by Gasteiger charge is 2.39. The first kappa shape index (κ1) is 18.2. The normalized spacial score (nSPS) is 14.9. The van der Waals surface area contributed by atoms with Gasteiger partial charge in [0.2, 0.25) is 0 Å². The molecule has 0 atom stereocenters. The summed E-state index contributed by atoms with van der Waals surface area (Å²) in [4.78, 5) is 25.9. The number of aliphatic hydroxyl groups is 1. The summed E-state index contributed by atoms with van der Waals surface area (Å²) in [6, 6.07) is 5.57. The maximum absolute atomic E-state index is 12.6. The summed E-state index contributed by atoms with van der Waals surface area (Å²) in [6.07, 6.45) is 2.63. The Hall–Kier alpha value is -2.14. The number of nitrogens with zero attached hydrogens (tertiary/aromatic N) is 1. The molecule has 5 heteroatoms. The highest BCUT2D eigenvalue weighted by atomic mass is 16.5. The van der Waals surface area contributed by atoms with Crippen molar-refractivity contribution in [2.75, 3.05) is 19.8 Å². The minimum absolute atomic E-state index is 0.101. The molecule has 5 nitrogen and oxygen atoms in total. The van der Waals surface area contributed by atoms with Crippen LogP contribution in [0, 0.1) is 13.8 Å². The van der Waals surface area contributed by atoms with E-state index >= 15 is 0 Å². The number of amides is 2. The van der Waals surface area contributed by atoms with Gasteiger partial charge in [-0.25, -0.2) is 0 Å². The summed E-state index contributed by atoms with van der Waals surface area (Å²) in [5.41, 5.74) is 2.64. The number of aryl methyl sites for hydroxylation is 2. The Morgan fingerprint density at radius 2 is 1.79 bits per heavy atom. The van der Waals surface area contributed by atoms with Crippen molar-refractivity contribution in [2.45, 2.75) is 40.0 Å². The lowest BCUT2D eigenvalue weighted by Crippen LogP contribution is -2.33. The van der Waals surface area contributed by atoms with Crippen LogP contribution in [0.15, 0.2) is 24.0 Å². The summed E-state index contributed by atoms with van der Waals surface area (Å²) in [6.45, 7) is 7.35. The van der Waals surface area contributed by atoms with Crippen molar-refractivity contribution in [3.05, 3.63) is 40.6 Å². The molecule has 0 unspecified atom stereocenters.